The SMILES string of the molecule is CCC(CO)NC(C(C)C)C(O)c1ccc(F)c(F)c1. The molecule has 0 radical (unpaired) electrons. The molecule has 1 rings (SSSR count). The van der Waals surface area contributed by atoms with Crippen molar-refractivity contribution in [3.05, 3.63) is 35.4 Å². The molecule has 3 unspecified atom stereocenters. The van der Waals surface area contributed by atoms with Crippen molar-refractivity contribution in [2.24, 2.45) is 5.92 Å². The molecule has 0 spiro atoms. The lowest BCUT2D eigenvalue weighted by molar-refractivity contribution is 0.0883. The Morgan fingerprint density at radius 1 is 1.20 bits per heavy atom. The van der Waals surface area contributed by atoms with E-state index in [9.17, 15) is 19.0 Å². The lowest BCUT2D eigenvalue weighted by Gasteiger charge is -2.31. The maximum absolute atomic E-state index is 13.3. The average Bonchev–Trinajstić information content (AvgIpc) is 2.42. The van der Waals surface area contributed by atoms with Crippen LogP contribution in [-0.4, -0.2) is 28.9 Å². The van der Waals surface area contributed by atoms with E-state index in [0.717, 1.165) is 12.1 Å². The van der Waals surface area contributed by atoms with Crippen molar-refractivity contribution >= 4 is 0 Å². The summed E-state index contributed by atoms with van der Waals surface area (Å²) in [7, 11) is 0. The molecule has 3 nitrogen and oxygen atoms in total. The third-order valence-corrected chi connectivity index (χ3v) is 3.48. The van der Waals surface area contributed by atoms with Crippen molar-refractivity contribution < 1.29 is 19.0 Å². The van der Waals surface area contributed by atoms with Gasteiger partial charge in [-0.2, -0.15) is 0 Å². The molecule has 1 aromatic carbocycles. The number of nitrogens with one attached hydrogen (secondary N) is 1. The second kappa shape index (κ2) is 7.67. The number of aliphatic hydroxyl groups excluding tert-OH is 2. The normalized spacial score (nSPS) is 16.2. The number of halogens is 2. The van der Waals surface area contributed by atoms with Gasteiger partial charge in [-0.3, -0.25) is 0 Å². The van der Waals surface area contributed by atoms with Crippen LogP contribution in [-0.2, 0) is 0 Å². The molecule has 5 heteroatoms. The highest BCUT2D eigenvalue weighted by Gasteiger charge is 2.26. The highest BCUT2D eigenvalue weighted by atomic mass is 19.2. The summed E-state index contributed by atoms with van der Waals surface area (Å²) < 4.78 is 26.2. The van der Waals surface area contributed by atoms with Gasteiger partial charge in [-0.1, -0.05) is 26.8 Å². The molecule has 0 amide bonds. The Morgan fingerprint density at radius 3 is 2.30 bits per heavy atom. The fourth-order valence-electron chi connectivity index (χ4n) is 2.12. The van der Waals surface area contributed by atoms with Gasteiger partial charge in [-0.25, -0.2) is 8.78 Å². The first-order chi connectivity index (χ1) is 9.40. The van der Waals surface area contributed by atoms with E-state index in [1.807, 2.05) is 20.8 Å². The smallest absolute Gasteiger partial charge is 0.159 e. The quantitative estimate of drug-likeness (QED) is 0.722. The fraction of sp³-hybridized carbons (Fsp3) is 0.600. The summed E-state index contributed by atoms with van der Waals surface area (Å²) in [6, 6.07) is 2.91. The van der Waals surface area contributed by atoms with Gasteiger partial charge < -0.3 is 15.5 Å². The van der Waals surface area contributed by atoms with Gasteiger partial charge in [-0.05, 0) is 30.0 Å². The van der Waals surface area contributed by atoms with E-state index < -0.39 is 17.7 Å². The van der Waals surface area contributed by atoms with E-state index in [1.165, 1.54) is 6.07 Å². The summed E-state index contributed by atoms with van der Waals surface area (Å²) in [6.45, 7) is 5.73. The van der Waals surface area contributed by atoms with Crippen LogP contribution in [0.5, 0.6) is 0 Å². The standard InChI is InChI=1S/C15H23F2NO2/c1-4-11(8-19)18-14(9(2)3)15(20)10-5-6-12(16)13(17)7-10/h5-7,9,11,14-15,18-20H,4,8H2,1-3H3. The van der Waals surface area contributed by atoms with Crippen LogP contribution >= 0.6 is 0 Å². The molecule has 0 fully saturated rings. The van der Waals surface area contributed by atoms with Crippen LogP contribution in [0.4, 0.5) is 8.78 Å². The predicted molar refractivity (Wildman–Crippen MR) is 74.2 cm³/mol. The van der Waals surface area contributed by atoms with Gasteiger partial charge in [0.2, 0.25) is 0 Å². The Balaban J connectivity index is 2.92. The Morgan fingerprint density at radius 2 is 1.85 bits per heavy atom. The number of rotatable bonds is 7. The maximum Gasteiger partial charge on any atom is 0.159 e. The molecule has 0 bridgehead atoms. The summed E-state index contributed by atoms with van der Waals surface area (Å²) in [4.78, 5) is 0. The van der Waals surface area contributed by atoms with E-state index in [-0.39, 0.29) is 24.6 Å². The van der Waals surface area contributed by atoms with Crippen molar-refractivity contribution in [3.8, 4) is 0 Å². The number of aliphatic hydroxyl groups is 2. The van der Waals surface area contributed by atoms with Gasteiger partial charge in [0, 0.05) is 12.1 Å². The van der Waals surface area contributed by atoms with E-state index in [2.05, 4.69) is 5.32 Å². The molecule has 0 aliphatic heterocycles. The highest BCUT2D eigenvalue weighted by Crippen LogP contribution is 2.24. The first-order valence-electron chi connectivity index (χ1n) is 6.90. The minimum Gasteiger partial charge on any atom is -0.395 e. The largest absolute Gasteiger partial charge is 0.395 e. The van der Waals surface area contributed by atoms with Crippen molar-refractivity contribution in [2.75, 3.05) is 6.61 Å². The molecule has 0 aliphatic rings. The Bertz CT molecular complexity index is 422. The first-order valence-corrected chi connectivity index (χ1v) is 6.90. The van der Waals surface area contributed by atoms with Gasteiger partial charge in [0.15, 0.2) is 11.6 Å². The molecular weight excluding hydrogens is 264 g/mol. The molecule has 114 valence electrons. The molecule has 3 atom stereocenters. The summed E-state index contributed by atoms with van der Waals surface area (Å²) in [5.41, 5.74) is 0.322. The second-order valence-electron chi connectivity index (χ2n) is 5.34. The van der Waals surface area contributed by atoms with Crippen LogP contribution in [0.2, 0.25) is 0 Å². The Labute approximate surface area is 118 Å². The van der Waals surface area contributed by atoms with E-state index >= 15 is 0 Å². The van der Waals surface area contributed by atoms with Crippen molar-refractivity contribution in [2.45, 2.75) is 45.4 Å². The summed E-state index contributed by atoms with van der Waals surface area (Å²) in [5, 5.41) is 22.8. The van der Waals surface area contributed by atoms with Crippen LogP contribution in [0.15, 0.2) is 18.2 Å². The van der Waals surface area contributed by atoms with Crippen molar-refractivity contribution in [1.29, 1.82) is 0 Å². The van der Waals surface area contributed by atoms with Crippen LogP contribution in [0.3, 0.4) is 0 Å². The van der Waals surface area contributed by atoms with Crippen molar-refractivity contribution in [3.63, 3.8) is 0 Å². The fourth-order valence-corrected chi connectivity index (χ4v) is 2.12. The summed E-state index contributed by atoms with van der Waals surface area (Å²) in [6.07, 6.45) is -0.254. The molecule has 3 N–H and O–H groups in total. The Hall–Kier alpha value is -1.04. The molecule has 0 heterocycles. The zero-order chi connectivity index (χ0) is 15.3. The molecule has 0 saturated carbocycles. The van der Waals surface area contributed by atoms with E-state index in [0.29, 0.717) is 12.0 Å². The van der Waals surface area contributed by atoms with Crippen LogP contribution in [0, 0.1) is 17.6 Å². The van der Waals surface area contributed by atoms with Gasteiger partial charge in [0.1, 0.15) is 0 Å². The third kappa shape index (κ3) is 4.23. The van der Waals surface area contributed by atoms with E-state index in [1.54, 1.807) is 0 Å². The second-order valence-corrected chi connectivity index (χ2v) is 5.34. The molecule has 20 heavy (non-hydrogen) atoms. The average molecular weight is 287 g/mol. The summed E-state index contributed by atoms with van der Waals surface area (Å²) in [5.74, 6) is -1.84. The lowest BCUT2D eigenvalue weighted by Crippen LogP contribution is -2.46. The molecule has 0 aromatic heterocycles. The lowest BCUT2D eigenvalue weighted by atomic mass is 9.92. The molecule has 0 saturated heterocycles. The summed E-state index contributed by atoms with van der Waals surface area (Å²) >= 11 is 0. The minimum atomic E-state index is -0.974. The van der Waals surface area contributed by atoms with Gasteiger partial charge in [0.05, 0.1) is 12.7 Å². The molecule has 0 aliphatic carbocycles. The predicted octanol–water partition coefficient (Wildman–Crippen LogP) is 2.38. The molecule has 1 aromatic rings. The number of benzene rings is 1. The topological polar surface area (TPSA) is 52.5 Å². The Kier molecular flexibility index (Phi) is 6.52. The zero-order valence-corrected chi connectivity index (χ0v) is 12.1. The number of hydrogen-bond donors (Lipinski definition) is 3. The van der Waals surface area contributed by atoms with Crippen LogP contribution < -0.4 is 5.32 Å². The minimum absolute atomic E-state index is 0.0375. The van der Waals surface area contributed by atoms with Gasteiger partial charge in [0.25, 0.3) is 0 Å². The van der Waals surface area contributed by atoms with Crippen molar-refractivity contribution in [1.82, 2.24) is 5.32 Å². The van der Waals surface area contributed by atoms with Gasteiger partial charge >= 0.3 is 0 Å². The number of hydrogen-bond acceptors (Lipinski definition) is 3. The zero-order valence-electron chi connectivity index (χ0n) is 12.1. The highest BCUT2D eigenvalue weighted by molar-refractivity contribution is 5.21. The van der Waals surface area contributed by atoms with E-state index in [4.69, 9.17) is 0 Å². The third-order valence-electron chi connectivity index (χ3n) is 3.48. The molecular formula is C15H23F2NO2. The van der Waals surface area contributed by atoms with Crippen LogP contribution in [0.25, 0.3) is 0 Å². The maximum atomic E-state index is 13.3. The monoisotopic (exact) mass is 287 g/mol. The van der Waals surface area contributed by atoms with Gasteiger partial charge in [-0.15, -0.1) is 0 Å². The van der Waals surface area contributed by atoms with Crippen LogP contribution in [0.1, 0.15) is 38.9 Å². The first kappa shape index (κ1) is 17.0.